The van der Waals surface area contributed by atoms with Crippen LogP contribution in [0.15, 0.2) is 6.20 Å². The molecule has 11 heteroatoms. The molecule has 3 rings (SSSR count). The maximum absolute atomic E-state index is 11.7. The van der Waals surface area contributed by atoms with Crippen LogP contribution in [0, 0.1) is 6.92 Å². The van der Waals surface area contributed by atoms with Crippen LogP contribution in [0.4, 0.5) is 5.82 Å². The summed E-state index contributed by atoms with van der Waals surface area (Å²) in [6.07, 6.45) is -3.35. The van der Waals surface area contributed by atoms with Crippen LogP contribution < -0.4 is 11.5 Å². The highest BCUT2D eigenvalue weighted by molar-refractivity contribution is 6.08. The lowest BCUT2D eigenvalue weighted by Gasteiger charge is -2.17. The molecule has 1 amide bonds. The number of fused-ring (bicyclic) bond motifs is 1. The van der Waals surface area contributed by atoms with E-state index in [0.717, 1.165) is 0 Å². The van der Waals surface area contributed by atoms with Crippen LogP contribution in [0.25, 0.3) is 11.0 Å². The van der Waals surface area contributed by atoms with Crippen molar-refractivity contribution in [2.24, 2.45) is 5.73 Å². The summed E-state index contributed by atoms with van der Waals surface area (Å²) in [5.41, 5.74) is 11.5. The molecule has 134 valence electrons. The van der Waals surface area contributed by atoms with E-state index in [4.69, 9.17) is 16.2 Å². The lowest BCUT2D eigenvalue weighted by molar-refractivity contribution is -0.135. The number of hydrogen-bond donors (Lipinski definition) is 4. The zero-order valence-corrected chi connectivity index (χ0v) is 13.2. The largest absolute Gasteiger partial charge is 0.465 e. The predicted octanol–water partition coefficient (Wildman–Crippen LogP) is -1.79. The van der Waals surface area contributed by atoms with Gasteiger partial charge in [-0.15, -0.1) is 0 Å². The summed E-state index contributed by atoms with van der Waals surface area (Å²) in [4.78, 5) is 30.3. The lowest BCUT2D eigenvalue weighted by atomic mass is 10.1. The van der Waals surface area contributed by atoms with Gasteiger partial charge in [-0.25, -0.2) is 9.97 Å². The first-order chi connectivity index (χ1) is 11.8. The first-order valence-corrected chi connectivity index (χ1v) is 7.36. The summed E-state index contributed by atoms with van der Waals surface area (Å²) < 4.78 is 11.5. The smallest absolute Gasteiger partial charge is 0.293 e. The summed E-state index contributed by atoms with van der Waals surface area (Å²) in [6, 6.07) is 0. The number of ether oxygens (including phenoxy) is 2. The Morgan fingerprint density at radius 1 is 1.44 bits per heavy atom. The molecule has 25 heavy (non-hydrogen) atoms. The van der Waals surface area contributed by atoms with Crippen LogP contribution in [0.5, 0.6) is 0 Å². The fourth-order valence-corrected chi connectivity index (χ4v) is 2.90. The maximum Gasteiger partial charge on any atom is 0.293 e. The Morgan fingerprint density at radius 3 is 2.80 bits per heavy atom. The van der Waals surface area contributed by atoms with Crippen molar-refractivity contribution in [2.45, 2.75) is 31.5 Å². The van der Waals surface area contributed by atoms with Gasteiger partial charge in [-0.3, -0.25) is 9.59 Å². The number of rotatable bonds is 5. The van der Waals surface area contributed by atoms with E-state index in [1.807, 2.05) is 0 Å². The van der Waals surface area contributed by atoms with Crippen LogP contribution >= 0.6 is 0 Å². The Morgan fingerprint density at radius 2 is 2.16 bits per heavy atom. The minimum Gasteiger partial charge on any atom is -0.465 e. The zero-order valence-electron chi connectivity index (χ0n) is 13.2. The van der Waals surface area contributed by atoms with Crippen LogP contribution in [-0.4, -0.2) is 62.0 Å². The number of nitrogens with zero attached hydrogens (tertiary/aromatic N) is 3. The van der Waals surface area contributed by atoms with E-state index in [0.29, 0.717) is 5.82 Å². The highest BCUT2D eigenvalue weighted by Crippen LogP contribution is 2.34. The van der Waals surface area contributed by atoms with Crippen LogP contribution in [-0.2, 0) is 14.3 Å². The highest BCUT2D eigenvalue weighted by atomic mass is 16.6. The van der Waals surface area contributed by atoms with Gasteiger partial charge in [-0.1, -0.05) is 0 Å². The second kappa shape index (κ2) is 6.27. The molecule has 4 atom stereocenters. The number of hydrogen-bond acceptors (Lipinski definition) is 9. The standard InChI is InChI=1S/C14H17N5O6/c1-5-17-11(15)8-6(12(16)23)2-19(13(8)18-5)14-10(22)9(21)7(25-14)3-24-4-20/h2,4,7,9-10,14,21-22H,3H2,1H3,(H2,16,23)(H2,15,17,18). The molecular weight excluding hydrogens is 334 g/mol. The molecule has 4 unspecified atom stereocenters. The third-order valence-corrected chi connectivity index (χ3v) is 4.02. The first-order valence-electron chi connectivity index (χ1n) is 7.36. The monoisotopic (exact) mass is 351 g/mol. The van der Waals surface area contributed by atoms with E-state index in [1.165, 1.54) is 10.8 Å². The lowest BCUT2D eigenvalue weighted by Crippen LogP contribution is -2.33. The molecule has 2 aromatic heterocycles. The molecule has 0 spiro atoms. The van der Waals surface area contributed by atoms with Gasteiger partial charge in [-0.2, -0.15) is 0 Å². The van der Waals surface area contributed by atoms with Gasteiger partial charge in [-0.05, 0) is 6.92 Å². The summed E-state index contributed by atoms with van der Waals surface area (Å²) in [6.45, 7) is 1.58. The summed E-state index contributed by atoms with van der Waals surface area (Å²) in [5, 5.41) is 20.6. The zero-order chi connectivity index (χ0) is 18.3. The molecule has 0 radical (unpaired) electrons. The van der Waals surface area contributed by atoms with Gasteiger partial charge in [0.05, 0.1) is 10.9 Å². The van der Waals surface area contributed by atoms with Gasteiger partial charge >= 0.3 is 0 Å². The van der Waals surface area contributed by atoms with Crippen molar-refractivity contribution in [1.82, 2.24) is 14.5 Å². The number of nitrogens with two attached hydrogens (primary N) is 2. The van der Waals surface area contributed by atoms with Crippen molar-refractivity contribution >= 4 is 29.2 Å². The molecule has 0 bridgehead atoms. The van der Waals surface area contributed by atoms with Crippen LogP contribution in [0.1, 0.15) is 22.4 Å². The average molecular weight is 351 g/mol. The Bertz CT molecular complexity index is 837. The van der Waals surface area contributed by atoms with Crippen molar-refractivity contribution in [1.29, 1.82) is 0 Å². The summed E-state index contributed by atoms with van der Waals surface area (Å²) in [5.74, 6) is -0.352. The number of aryl methyl sites for hydroxylation is 1. The Hall–Kier alpha value is -2.76. The molecule has 1 fully saturated rings. The highest BCUT2D eigenvalue weighted by Gasteiger charge is 2.45. The molecule has 0 aromatic carbocycles. The second-order valence-corrected chi connectivity index (χ2v) is 5.64. The number of aromatic nitrogens is 3. The minimum absolute atomic E-state index is 0.0592. The predicted molar refractivity (Wildman–Crippen MR) is 83.1 cm³/mol. The summed E-state index contributed by atoms with van der Waals surface area (Å²) >= 11 is 0. The van der Waals surface area contributed by atoms with Crippen molar-refractivity contribution in [3.63, 3.8) is 0 Å². The molecule has 2 aromatic rings. The third-order valence-electron chi connectivity index (χ3n) is 4.02. The number of aliphatic hydroxyl groups is 2. The average Bonchev–Trinajstić information content (AvgIpc) is 3.05. The van der Waals surface area contributed by atoms with Crippen LogP contribution in [0.2, 0.25) is 0 Å². The van der Waals surface area contributed by atoms with Gasteiger partial charge < -0.3 is 35.7 Å². The fraction of sp³-hybridized carbons (Fsp3) is 0.429. The topological polar surface area (TPSA) is 176 Å². The molecule has 0 aliphatic carbocycles. The van der Waals surface area contributed by atoms with Gasteiger partial charge in [0.1, 0.15) is 42.2 Å². The normalized spacial score (nSPS) is 26.0. The summed E-state index contributed by atoms with van der Waals surface area (Å²) in [7, 11) is 0. The molecule has 6 N–H and O–H groups in total. The van der Waals surface area contributed by atoms with Crippen molar-refractivity contribution < 1.29 is 29.3 Å². The van der Waals surface area contributed by atoms with E-state index in [2.05, 4.69) is 14.7 Å². The van der Waals surface area contributed by atoms with E-state index in [-0.39, 0.29) is 35.5 Å². The van der Waals surface area contributed by atoms with Crippen LogP contribution in [0.3, 0.4) is 0 Å². The molecule has 1 saturated heterocycles. The quantitative estimate of drug-likeness (QED) is 0.453. The number of amides is 1. The molecule has 1 aliphatic heterocycles. The third kappa shape index (κ3) is 2.77. The van der Waals surface area contributed by atoms with Crippen molar-refractivity contribution in [2.75, 3.05) is 12.3 Å². The van der Waals surface area contributed by atoms with Crippen molar-refractivity contribution in [3.8, 4) is 0 Å². The van der Waals surface area contributed by atoms with Gasteiger partial charge in [0, 0.05) is 6.20 Å². The van der Waals surface area contributed by atoms with E-state index in [1.54, 1.807) is 6.92 Å². The van der Waals surface area contributed by atoms with Crippen molar-refractivity contribution in [3.05, 3.63) is 17.6 Å². The fourth-order valence-electron chi connectivity index (χ4n) is 2.90. The molecule has 3 heterocycles. The van der Waals surface area contributed by atoms with Gasteiger partial charge in [0.15, 0.2) is 6.23 Å². The molecule has 1 aliphatic rings. The SMILES string of the molecule is Cc1nc(N)c2c(C(N)=O)cn(C3OC(COC=O)C(O)C3O)c2n1. The molecule has 11 nitrogen and oxygen atoms in total. The number of carbonyl (C=O) groups is 2. The van der Waals surface area contributed by atoms with E-state index in [9.17, 15) is 19.8 Å². The maximum atomic E-state index is 11.7. The Labute approximate surface area is 141 Å². The molecular formula is C14H17N5O6. The number of carbonyl (C=O) groups excluding carboxylic acids is 2. The Balaban J connectivity index is 2.09. The van der Waals surface area contributed by atoms with Gasteiger partial charge in [0.25, 0.3) is 12.4 Å². The van der Waals surface area contributed by atoms with E-state index >= 15 is 0 Å². The number of anilines is 1. The number of primary amides is 1. The Kier molecular flexibility index (Phi) is 4.29. The second-order valence-electron chi connectivity index (χ2n) is 5.64. The minimum atomic E-state index is -1.35. The number of nitrogen functional groups attached to an aromatic ring is 1. The molecule has 0 saturated carbocycles. The van der Waals surface area contributed by atoms with Gasteiger partial charge in [0.2, 0.25) is 0 Å². The number of aliphatic hydroxyl groups excluding tert-OH is 2. The van der Waals surface area contributed by atoms with E-state index < -0.39 is 30.4 Å². The first kappa shape index (κ1) is 17.1.